The molecule has 0 saturated heterocycles. The van der Waals surface area contributed by atoms with Gasteiger partial charge in [-0.2, -0.15) is 0 Å². The maximum Gasteiger partial charge on any atom is 0.269 e. The second kappa shape index (κ2) is 7.47. The number of methoxy groups -OCH3 is 1. The lowest BCUT2D eigenvalue weighted by Gasteiger charge is -2.08. The highest BCUT2D eigenvalue weighted by Gasteiger charge is 2.23. The molecule has 0 bridgehead atoms. The van der Waals surface area contributed by atoms with Crippen LogP contribution in [0.4, 0.5) is 0 Å². The standard InChI is InChI=1S/C23H20N4O4S/c1-15-3-9-18(10-4-15)32(29,30)26-12-11-19-23(26)24-13-20-22(25-21(14-28)27(19)20)16-5-7-17(31-2)8-6-16/h3-13,28H,14H2,1-2H3. The highest BCUT2D eigenvalue weighted by atomic mass is 32.2. The van der Waals surface area contributed by atoms with E-state index in [1.807, 2.05) is 31.2 Å². The van der Waals surface area contributed by atoms with Gasteiger partial charge < -0.3 is 9.84 Å². The maximum absolute atomic E-state index is 13.2. The Morgan fingerprint density at radius 3 is 2.38 bits per heavy atom. The zero-order valence-corrected chi connectivity index (χ0v) is 18.2. The summed E-state index contributed by atoms with van der Waals surface area (Å²) in [6.07, 6.45) is 3.05. The van der Waals surface area contributed by atoms with E-state index >= 15 is 0 Å². The smallest absolute Gasteiger partial charge is 0.269 e. The van der Waals surface area contributed by atoms with Crippen LogP contribution in [0, 0.1) is 6.92 Å². The number of fused-ring (bicyclic) bond motifs is 3. The number of aromatic nitrogens is 4. The van der Waals surface area contributed by atoms with Gasteiger partial charge in [-0.3, -0.25) is 4.40 Å². The van der Waals surface area contributed by atoms with Crippen molar-refractivity contribution in [1.82, 2.24) is 18.3 Å². The van der Waals surface area contributed by atoms with Gasteiger partial charge in [0.1, 0.15) is 18.2 Å². The summed E-state index contributed by atoms with van der Waals surface area (Å²) < 4.78 is 34.6. The Morgan fingerprint density at radius 1 is 1.00 bits per heavy atom. The molecule has 5 aromatic rings. The Hall–Kier alpha value is -3.69. The van der Waals surface area contributed by atoms with E-state index in [-0.39, 0.29) is 17.1 Å². The Bertz CT molecular complexity index is 1550. The van der Waals surface area contributed by atoms with Crippen LogP contribution in [0.2, 0.25) is 0 Å². The number of rotatable bonds is 5. The zero-order valence-electron chi connectivity index (χ0n) is 17.4. The van der Waals surface area contributed by atoms with E-state index in [1.165, 1.54) is 6.20 Å². The van der Waals surface area contributed by atoms with Crippen LogP contribution in [-0.2, 0) is 16.6 Å². The number of aliphatic hydroxyl groups excluding tert-OH is 1. The lowest BCUT2D eigenvalue weighted by atomic mass is 10.1. The molecule has 3 aromatic heterocycles. The molecule has 0 atom stereocenters. The van der Waals surface area contributed by atoms with Crippen molar-refractivity contribution in [2.24, 2.45) is 0 Å². The van der Waals surface area contributed by atoms with Gasteiger partial charge in [-0.1, -0.05) is 17.7 Å². The molecule has 8 nitrogen and oxygen atoms in total. The zero-order chi connectivity index (χ0) is 22.5. The molecule has 0 spiro atoms. The lowest BCUT2D eigenvalue weighted by Crippen LogP contribution is -2.12. The van der Waals surface area contributed by atoms with Crippen LogP contribution < -0.4 is 4.74 Å². The number of imidazole rings is 1. The quantitative estimate of drug-likeness (QED) is 0.443. The summed E-state index contributed by atoms with van der Waals surface area (Å²) in [5, 5.41) is 9.96. The molecule has 32 heavy (non-hydrogen) atoms. The second-order valence-electron chi connectivity index (χ2n) is 7.38. The minimum Gasteiger partial charge on any atom is -0.497 e. The van der Waals surface area contributed by atoms with Crippen LogP contribution in [0.15, 0.2) is 71.9 Å². The van der Waals surface area contributed by atoms with Crippen molar-refractivity contribution in [3.05, 3.63) is 78.4 Å². The SMILES string of the molecule is COc1ccc(-c2nc(CO)n3c2cnc2c3ccn2S(=O)(=O)c2ccc(C)cc2)cc1. The molecule has 0 aliphatic rings. The van der Waals surface area contributed by atoms with Crippen molar-refractivity contribution >= 4 is 26.7 Å². The van der Waals surface area contributed by atoms with Gasteiger partial charge in [-0.05, 0) is 49.4 Å². The van der Waals surface area contributed by atoms with E-state index < -0.39 is 10.0 Å². The highest BCUT2D eigenvalue weighted by molar-refractivity contribution is 7.90. The lowest BCUT2D eigenvalue weighted by molar-refractivity contribution is 0.271. The minimum absolute atomic E-state index is 0.175. The fraction of sp³-hybridized carbons (Fsp3) is 0.130. The van der Waals surface area contributed by atoms with Gasteiger partial charge in [0.2, 0.25) is 0 Å². The molecule has 0 radical (unpaired) electrons. The molecule has 0 fully saturated rings. The third-order valence-corrected chi connectivity index (χ3v) is 7.10. The average Bonchev–Trinajstić information content (AvgIpc) is 3.41. The van der Waals surface area contributed by atoms with E-state index in [9.17, 15) is 13.5 Å². The van der Waals surface area contributed by atoms with Gasteiger partial charge in [0, 0.05) is 11.8 Å². The summed E-state index contributed by atoms with van der Waals surface area (Å²) in [5.74, 6) is 1.11. The van der Waals surface area contributed by atoms with E-state index in [1.54, 1.807) is 48.0 Å². The molecule has 0 amide bonds. The number of aryl methyl sites for hydroxylation is 1. The Labute approximate surface area is 184 Å². The first-order valence-electron chi connectivity index (χ1n) is 9.89. The van der Waals surface area contributed by atoms with Gasteiger partial charge in [-0.15, -0.1) is 0 Å². The summed E-state index contributed by atoms with van der Waals surface area (Å²) in [6, 6.07) is 15.7. The second-order valence-corrected chi connectivity index (χ2v) is 9.20. The third kappa shape index (κ3) is 3.05. The Balaban J connectivity index is 1.72. The molecule has 2 aromatic carbocycles. The molecule has 9 heteroatoms. The van der Waals surface area contributed by atoms with Crippen molar-refractivity contribution in [3.8, 4) is 17.0 Å². The predicted molar refractivity (Wildman–Crippen MR) is 120 cm³/mol. The number of aliphatic hydroxyl groups is 1. The van der Waals surface area contributed by atoms with E-state index in [2.05, 4.69) is 9.97 Å². The monoisotopic (exact) mass is 448 g/mol. The van der Waals surface area contributed by atoms with Crippen LogP contribution in [0.5, 0.6) is 5.75 Å². The minimum atomic E-state index is -3.84. The highest BCUT2D eigenvalue weighted by Crippen LogP contribution is 2.30. The van der Waals surface area contributed by atoms with Gasteiger partial charge >= 0.3 is 0 Å². The van der Waals surface area contributed by atoms with Crippen LogP contribution in [0.1, 0.15) is 11.4 Å². The molecular weight excluding hydrogens is 428 g/mol. The number of hydrogen-bond acceptors (Lipinski definition) is 6. The summed E-state index contributed by atoms with van der Waals surface area (Å²) in [5.41, 5.74) is 3.90. The summed E-state index contributed by atoms with van der Waals surface area (Å²) in [6.45, 7) is 1.59. The summed E-state index contributed by atoms with van der Waals surface area (Å²) >= 11 is 0. The van der Waals surface area contributed by atoms with Crippen LogP contribution in [-0.4, -0.2) is 39.0 Å². The van der Waals surface area contributed by atoms with Crippen molar-refractivity contribution in [2.75, 3.05) is 7.11 Å². The molecule has 0 aliphatic heterocycles. The van der Waals surface area contributed by atoms with Crippen LogP contribution in [0.3, 0.4) is 0 Å². The molecule has 0 saturated carbocycles. The summed E-state index contributed by atoms with van der Waals surface area (Å²) in [4.78, 5) is 9.23. The number of ether oxygens (including phenoxy) is 1. The number of nitrogens with zero attached hydrogens (tertiary/aromatic N) is 4. The molecular formula is C23H20N4O4S. The maximum atomic E-state index is 13.2. The molecule has 5 rings (SSSR count). The number of benzene rings is 2. The van der Waals surface area contributed by atoms with Crippen molar-refractivity contribution < 1.29 is 18.3 Å². The largest absolute Gasteiger partial charge is 0.497 e. The molecule has 162 valence electrons. The third-order valence-electron chi connectivity index (χ3n) is 5.42. The molecule has 0 aliphatic carbocycles. The fourth-order valence-corrected chi connectivity index (χ4v) is 5.07. The predicted octanol–water partition coefficient (Wildman–Crippen LogP) is 3.40. The molecule has 0 unspecified atom stereocenters. The normalized spacial score (nSPS) is 12.0. The number of hydrogen-bond donors (Lipinski definition) is 1. The molecule has 3 heterocycles. The van der Waals surface area contributed by atoms with E-state index in [0.717, 1.165) is 20.8 Å². The van der Waals surface area contributed by atoms with Gasteiger partial charge in [0.05, 0.1) is 34.9 Å². The first-order valence-corrected chi connectivity index (χ1v) is 11.3. The summed E-state index contributed by atoms with van der Waals surface area (Å²) in [7, 11) is -2.24. The first-order chi connectivity index (χ1) is 15.4. The first kappa shape index (κ1) is 20.2. The van der Waals surface area contributed by atoms with Crippen molar-refractivity contribution in [1.29, 1.82) is 0 Å². The van der Waals surface area contributed by atoms with Crippen LogP contribution in [0.25, 0.3) is 27.9 Å². The fourth-order valence-electron chi connectivity index (χ4n) is 3.77. The van der Waals surface area contributed by atoms with Gasteiger partial charge in [-0.25, -0.2) is 22.4 Å². The Kier molecular flexibility index (Phi) is 4.72. The molecule has 1 N–H and O–H groups in total. The van der Waals surface area contributed by atoms with Crippen molar-refractivity contribution in [2.45, 2.75) is 18.4 Å². The Morgan fingerprint density at radius 2 is 1.72 bits per heavy atom. The van der Waals surface area contributed by atoms with E-state index in [4.69, 9.17) is 4.74 Å². The topological polar surface area (TPSA) is 98.7 Å². The van der Waals surface area contributed by atoms with E-state index in [0.29, 0.717) is 22.6 Å². The van der Waals surface area contributed by atoms with Gasteiger partial charge in [0.15, 0.2) is 5.65 Å². The van der Waals surface area contributed by atoms with Crippen molar-refractivity contribution in [3.63, 3.8) is 0 Å². The average molecular weight is 449 g/mol. The van der Waals surface area contributed by atoms with Crippen LogP contribution >= 0.6 is 0 Å². The van der Waals surface area contributed by atoms with Gasteiger partial charge in [0.25, 0.3) is 10.0 Å².